The fourth-order valence-corrected chi connectivity index (χ4v) is 4.06. The topological polar surface area (TPSA) is 182 Å². The lowest BCUT2D eigenvalue weighted by Crippen LogP contribution is -2.01. The lowest BCUT2D eigenvalue weighted by atomic mass is 10.1. The summed E-state index contributed by atoms with van der Waals surface area (Å²) in [5.74, 6) is -0.104. The predicted molar refractivity (Wildman–Crippen MR) is 132 cm³/mol. The summed E-state index contributed by atoms with van der Waals surface area (Å²) in [5.41, 5.74) is 0.947. The third-order valence-corrected chi connectivity index (χ3v) is 5.84. The average Bonchev–Trinajstić information content (AvgIpc) is 2.90. The van der Waals surface area contributed by atoms with Crippen molar-refractivity contribution in [2.45, 2.75) is 9.79 Å². The number of phenolic OH excluding ortho intramolecular Hbond substituents is 1. The molecule has 0 saturated carbocycles. The van der Waals surface area contributed by atoms with E-state index in [9.17, 15) is 5.11 Å². The van der Waals surface area contributed by atoms with E-state index >= 15 is 0 Å². The van der Waals surface area contributed by atoms with Crippen molar-refractivity contribution in [2.24, 2.45) is 10.2 Å². The number of nitrogens with one attached hydrogen (secondary N) is 1. The zero-order valence-electron chi connectivity index (χ0n) is 18.4. The van der Waals surface area contributed by atoms with Gasteiger partial charge in [-0.2, -0.15) is 20.1 Å². The Kier molecular flexibility index (Phi) is 9.23. The molecule has 37 heavy (non-hydrogen) atoms. The zero-order valence-corrected chi connectivity index (χ0v) is 20.8. The molecule has 0 bridgehead atoms. The zero-order chi connectivity index (χ0) is 26.2. The number of ether oxygens (including phenoxy) is 1. The van der Waals surface area contributed by atoms with Crippen LogP contribution < -0.4 is 10.1 Å². The molecule has 14 nitrogen and oxygen atoms in total. The SMILES string of the molecule is COc1nc(Cl)nc(Nc2ccc3cc(SOOO)c(N=Nc4cccc(SOOO)c4)c(O)c3c2)n1. The standard InChI is InChI=1S/C20H15ClN6O8S2/c1-31-20-24-18(21)23-19(25-20)22-11-6-5-10-7-15(37-35-33-30)16(17(28)14(10)9-11)27-26-12-3-2-4-13(8-12)36-34-32-29/h2-9,28-30H,1H3,(H,22,23,24,25). The number of fused-ring (bicyclic) bond motifs is 1. The average molecular weight is 567 g/mol. The van der Waals surface area contributed by atoms with Gasteiger partial charge in [-0.05, 0) is 53.4 Å². The lowest BCUT2D eigenvalue weighted by Gasteiger charge is -2.11. The molecule has 1 heterocycles. The minimum Gasteiger partial charge on any atom is -0.505 e. The van der Waals surface area contributed by atoms with E-state index in [0.717, 1.165) is 12.0 Å². The Bertz CT molecular complexity index is 1430. The van der Waals surface area contributed by atoms with Gasteiger partial charge in [0.2, 0.25) is 11.2 Å². The maximum Gasteiger partial charge on any atom is 0.322 e. The number of hydrogen-bond donors (Lipinski definition) is 4. The number of benzene rings is 3. The number of anilines is 2. The number of aromatic nitrogens is 3. The van der Waals surface area contributed by atoms with Crippen LogP contribution in [0.5, 0.6) is 11.8 Å². The van der Waals surface area contributed by atoms with Gasteiger partial charge < -0.3 is 15.2 Å². The minimum absolute atomic E-state index is 0.0273. The third kappa shape index (κ3) is 6.92. The van der Waals surface area contributed by atoms with Crippen molar-refractivity contribution >= 4 is 69.5 Å². The second kappa shape index (κ2) is 12.8. The van der Waals surface area contributed by atoms with E-state index in [1.54, 1.807) is 48.5 Å². The molecule has 0 aliphatic rings. The lowest BCUT2D eigenvalue weighted by molar-refractivity contribution is -0.432. The molecule has 0 aliphatic carbocycles. The van der Waals surface area contributed by atoms with Crippen molar-refractivity contribution in [1.82, 2.24) is 15.0 Å². The fraction of sp³-hybridized carbons (Fsp3) is 0.0500. The summed E-state index contributed by atoms with van der Waals surface area (Å²) in [6.07, 6.45) is 0. The molecule has 192 valence electrons. The first kappa shape index (κ1) is 26.7. The molecule has 0 saturated heterocycles. The summed E-state index contributed by atoms with van der Waals surface area (Å²) in [6, 6.07) is 13.4. The first-order valence-electron chi connectivity index (χ1n) is 9.84. The Morgan fingerprint density at radius 3 is 2.54 bits per heavy atom. The Labute approximate surface area is 221 Å². The normalized spacial score (nSPS) is 11.4. The minimum atomic E-state index is -0.234. The summed E-state index contributed by atoms with van der Waals surface area (Å²) >= 11 is 7.27. The molecule has 0 spiro atoms. The highest BCUT2D eigenvalue weighted by atomic mass is 35.5. The van der Waals surface area contributed by atoms with E-state index in [1.807, 2.05) is 0 Å². The quantitative estimate of drug-likeness (QED) is 0.0675. The van der Waals surface area contributed by atoms with Crippen LogP contribution >= 0.6 is 35.7 Å². The molecule has 17 heteroatoms. The number of azo groups is 1. The summed E-state index contributed by atoms with van der Waals surface area (Å²) in [4.78, 5) is 12.8. The van der Waals surface area contributed by atoms with E-state index < -0.39 is 0 Å². The third-order valence-electron chi connectivity index (χ3n) is 4.48. The van der Waals surface area contributed by atoms with E-state index in [1.165, 1.54) is 7.11 Å². The van der Waals surface area contributed by atoms with Crippen LogP contribution in [0.1, 0.15) is 0 Å². The maximum absolute atomic E-state index is 11.1. The summed E-state index contributed by atoms with van der Waals surface area (Å²) in [6.45, 7) is 0. The molecular weight excluding hydrogens is 552 g/mol. The number of nitrogens with zero attached hydrogens (tertiary/aromatic N) is 5. The summed E-state index contributed by atoms with van der Waals surface area (Å²) in [7, 11) is 1.40. The number of methoxy groups -OCH3 is 1. The molecule has 3 aromatic carbocycles. The molecule has 0 atom stereocenters. The van der Waals surface area contributed by atoms with E-state index in [0.29, 0.717) is 44.0 Å². The molecule has 0 aliphatic heterocycles. The second-order valence-corrected chi connectivity index (χ2v) is 8.55. The van der Waals surface area contributed by atoms with Gasteiger partial charge in [0, 0.05) is 16.0 Å². The van der Waals surface area contributed by atoms with E-state index in [-0.39, 0.29) is 28.7 Å². The van der Waals surface area contributed by atoms with Crippen molar-refractivity contribution in [3.63, 3.8) is 0 Å². The number of hydrogen-bond acceptors (Lipinski definition) is 16. The highest BCUT2D eigenvalue weighted by molar-refractivity contribution is 7.94. The first-order valence-corrected chi connectivity index (χ1v) is 11.7. The molecule has 4 rings (SSSR count). The molecule has 0 unspecified atom stereocenters. The largest absolute Gasteiger partial charge is 0.505 e. The van der Waals surface area contributed by atoms with Crippen LogP contribution in [0, 0.1) is 0 Å². The fourth-order valence-electron chi connectivity index (χ4n) is 3.00. The monoisotopic (exact) mass is 566 g/mol. The van der Waals surface area contributed by atoms with Gasteiger partial charge in [-0.3, -0.25) is 0 Å². The van der Waals surface area contributed by atoms with Crippen LogP contribution in [0.15, 0.2) is 68.6 Å². The predicted octanol–water partition coefficient (Wildman–Crippen LogP) is 6.41. The first-order chi connectivity index (χ1) is 18.0. The molecule has 4 aromatic rings. The van der Waals surface area contributed by atoms with Crippen molar-refractivity contribution in [2.75, 3.05) is 12.4 Å². The van der Waals surface area contributed by atoms with Gasteiger partial charge in [0.25, 0.3) is 0 Å². The number of phenols is 1. The van der Waals surface area contributed by atoms with Gasteiger partial charge in [-0.1, -0.05) is 22.2 Å². The number of aromatic hydroxyl groups is 1. The van der Waals surface area contributed by atoms with Gasteiger partial charge in [-0.25, -0.2) is 10.5 Å². The van der Waals surface area contributed by atoms with Crippen molar-refractivity contribution in [1.29, 1.82) is 0 Å². The molecular formula is C20H15ClN6O8S2. The maximum atomic E-state index is 11.1. The van der Waals surface area contributed by atoms with Gasteiger partial charge in [0.05, 0.1) is 41.8 Å². The van der Waals surface area contributed by atoms with E-state index in [4.69, 9.17) is 26.9 Å². The van der Waals surface area contributed by atoms with Gasteiger partial charge >= 0.3 is 6.01 Å². The summed E-state index contributed by atoms with van der Waals surface area (Å²) < 4.78 is 14.0. The van der Waals surface area contributed by atoms with Gasteiger partial charge in [0.1, 0.15) is 5.69 Å². The summed E-state index contributed by atoms with van der Waals surface area (Å²) in [5, 5.41) is 47.5. The van der Waals surface area contributed by atoms with Crippen molar-refractivity contribution in [3.05, 3.63) is 53.8 Å². The Morgan fingerprint density at radius 1 is 0.946 bits per heavy atom. The molecule has 1 aromatic heterocycles. The molecule has 0 radical (unpaired) electrons. The molecule has 0 amide bonds. The molecule has 4 N–H and O–H groups in total. The highest BCUT2D eigenvalue weighted by Gasteiger charge is 2.16. The van der Waals surface area contributed by atoms with Crippen LogP contribution in [0.4, 0.5) is 23.0 Å². The van der Waals surface area contributed by atoms with Crippen LogP contribution in [0.3, 0.4) is 0 Å². The van der Waals surface area contributed by atoms with Crippen LogP contribution in [-0.2, 0) is 18.7 Å². The molecule has 0 fully saturated rings. The Balaban J connectivity index is 1.71. The second-order valence-electron chi connectivity index (χ2n) is 6.70. The van der Waals surface area contributed by atoms with Crippen molar-refractivity contribution in [3.8, 4) is 11.8 Å². The van der Waals surface area contributed by atoms with E-state index in [2.05, 4.69) is 49.2 Å². The van der Waals surface area contributed by atoms with Gasteiger partial charge in [0.15, 0.2) is 5.75 Å². The van der Waals surface area contributed by atoms with Crippen LogP contribution in [0.25, 0.3) is 10.8 Å². The smallest absolute Gasteiger partial charge is 0.322 e. The highest BCUT2D eigenvalue weighted by Crippen LogP contribution is 2.44. The van der Waals surface area contributed by atoms with Crippen LogP contribution in [-0.4, -0.2) is 37.7 Å². The van der Waals surface area contributed by atoms with Gasteiger partial charge in [-0.15, -0.1) is 13.8 Å². The van der Waals surface area contributed by atoms with Crippen molar-refractivity contribution < 1.29 is 39.1 Å². The number of rotatable bonds is 11. The Morgan fingerprint density at radius 2 is 1.76 bits per heavy atom. The van der Waals surface area contributed by atoms with Crippen LogP contribution in [0.2, 0.25) is 5.28 Å². The number of halogens is 1. The Hall–Kier alpha value is -3.32.